The van der Waals surface area contributed by atoms with Crippen molar-refractivity contribution in [2.45, 2.75) is 13.0 Å². The van der Waals surface area contributed by atoms with Gasteiger partial charge in [-0.3, -0.25) is 4.79 Å². The van der Waals surface area contributed by atoms with Gasteiger partial charge in [0.2, 0.25) is 5.88 Å². The van der Waals surface area contributed by atoms with Crippen LogP contribution in [0.25, 0.3) is 16.9 Å². The third-order valence-electron chi connectivity index (χ3n) is 4.61. The van der Waals surface area contributed by atoms with Gasteiger partial charge in [0.05, 0.1) is 35.6 Å². The molecule has 0 saturated carbocycles. The minimum absolute atomic E-state index is 0.105. The molecule has 3 aromatic rings. The zero-order valence-corrected chi connectivity index (χ0v) is 17.3. The molecule has 0 spiro atoms. The summed E-state index contributed by atoms with van der Waals surface area (Å²) in [5, 5.41) is 26.9. The molecule has 1 aromatic carbocycles. The SMILES string of the molecule is COCCCNC(=O)c1ccc(-n2ncc(-c3ccc(C#N)cc3COC)c2O)nc1. The molecule has 0 saturated heterocycles. The summed E-state index contributed by atoms with van der Waals surface area (Å²) in [6.07, 6.45) is 3.67. The minimum atomic E-state index is -0.234. The van der Waals surface area contributed by atoms with Crippen LogP contribution in [0.4, 0.5) is 0 Å². The van der Waals surface area contributed by atoms with Crippen LogP contribution in [-0.2, 0) is 16.1 Å². The molecule has 0 bridgehead atoms. The topological polar surface area (TPSA) is 122 Å². The van der Waals surface area contributed by atoms with E-state index in [9.17, 15) is 9.90 Å². The number of carbonyl (C=O) groups is 1. The average Bonchev–Trinajstić information content (AvgIpc) is 3.18. The number of hydrogen-bond acceptors (Lipinski definition) is 7. The van der Waals surface area contributed by atoms with Crippen molar-refractivity contribution in [3.05, 3.63) is 59.4 Å². The second-order valence-electron chi connectivity index (χ2n) is 6.72. The molecule has 3 rings (SSSR count). The first-order chi connectivity index (χ1) is 15.1. The van der Waals surface area contributed by atoms with Crippen LogP contribution >= 0.6 is 0 Å². The fourth-order valence-electron chi connectivity index (χ4n) is 3.07. The molecule has 160 valence electrons. The molecule has 0 radical (unpaired) electrons. The summed E-state index contributed by atoms with van der Waals surface area (Å²) < 4.78 is 11.5. The number of aromatic nitrogens is 3. The summed E-state index contributed by atoms with van der Waals surface area (Å²) in [7, 11) is 3.17. The molecule has 2 aromatic heterocycles. The first kappa shape index (κ1) is 22.0. The van der Waals surface area contributed by atoms with Crippen molar-refractivity contribution in [2.75, 3.05) is 27.4 Å². The Balaban J connectivity index is 1.82. The van der Waals surface area contributed by atoms with Gasteiger partial charge in [0.15, 0.2) is 5.82 Å². The summed E-state index contributed by atoms with van der Waals surface area (Å²) in [5.74, 6) is 0.0234. The van der Waals surface area contributed by atoms with Crippen LogP contribution in [0.15, 0.2) is 42.7 Å². The molecule has 0 atom stereocenters. The van der Waals surface area contributed by atoms with Crippen molar-refractivity contribution >= 4 is 5.91 Å². The van der Waals surface area contributed by atoms with Crippen molar-refractivity contribution in [3.63, 3.8) is 0 Å². The van der Waals surface area contributed by atoms with E-state index in [2.05, 4.69) is 21.5 Å². The van der Waals surface area contributed by atoms with Crippen LogP contribution in [-0.4, -0.2) is 53.1 Å². The number of nitriles is 1. The Morgan fingerprint density at radius 1 is 1.19 bits per heavy atom. The second-order valence-corrected chi connectivity index (χ2v) is 6.72. The molecule has 2 heterocycles. The lowest BCUT2D eigenvalue weighted by Gasteiger charge is -2.09. The number of hydrogen-bond donors (Lipinski definition) is 2. The van der Waals surface area contributed by atoms with Crippen molar-refractivity contribution in [1.29, 1.82) is 5.26 Å². The van der Waals surface area contributed by atoms with Crippen molar-refractivity contribution < 1.29 is 19.4 Å². The number of aromatic hydroxyl groups is 1. The molecule has 0 fully saturated rings. The van der Waals surface area contributed by atoms with E-state index in [0.717, 1.165) is 12.0 Å². The fraction of sp³-hybridized carbons (Fsp3) is 0.273. The molecule has 0 aliphatic rings. The van der Waals surface area contributed by atoms with Crippen LogP contribution < -0.4 is 5.32 Å². The van der Waals surface area contributed by atoms with Crippen LogP contribution in [0.1, 0.15) is 27.9 Å². The maximum Gasteiger partial charge on any atom is 0.252 e. The highest BCUT2D eigenvalue weighted by atomic mass is 16.5. The van der Waals surface area contributed by atoms with E-state index >= 15 is 0 Å². The van der Waals surface area contributed by atoms with Gasteiger partial charge in [-0.25, -0.2) is 4.98 Å². The number of amides is 1. The van der Waals surface area contributed by atoms with Gasteiger partial charge >= 0.3 is 0 Å². The Kier molecular flexibility index (Phi) is 7.32. The number of pyridine rings is 1. The predicted octanol–water partition coefficient (Wildman–Crippen LogP) is 2.42. The lowest BCUT2D eigenvalue weighted by atomic mass is 10.00. The Bertz CT molecular complexity index is 1090. The van der Waals surface area contributed by atoms with E-state index in [1.54, 1.807) is 44.6 Å². The van der Waals surface area contributed by atoms with Gasteiger partial charge < -0.3 is 19.9 Å². The number of nitrogens with one attached hydrogen (secondary N) is 1. The monoisotopic (exact) mass is 421 g/mol. The van der Waals surface area contributed by atoms with E-state index in [1.165, 1.54) is 17.1 Å². The van der Waals surface area contributed by atoms with E-state index in [-0.39, 0.29) is 18.4 Å². The summed E-state index contributed by atoms with van der Waals surface area (Å²) in [6, 6.07) is 10.5. The van der Waals surface area contributed by atoms with Gasteiger partial charge in [0, 0.05) is 33.6 Å². The van der Waals surface area contributed by atoms with Gasteiger partial charge in [-0.05, 0) is 41.8 Å². The molecule has 0 aliphatic heterocycles. The number of nitrogens with zero attached hydrogens (tertiary/aromatic N) is 4. The highest BCUT2D eigenvalue weighted by molar-refractivity contribution is 5.93. The fourth-order valence-corrected chi connectivity index (χ4v) is 3.07. The molecule has 2 N–H and O–H groups in total. The minimum Gasteiger partial charge on any atom is -0.493 e. The lowest BCUT2D eigenvalue weighted by Crippen LogP contribution is -2.25. The van der Waals surface area contributed by atoms with Gasteiger partial charge in [0.25, 0.3) is 5.91 Å². The maximum absolute atomic E-state index is 12.2. The lowest BCUT2D eigenvalue weighted by molar-refractivity contribution is 0.0948. The molecule has 9 nitrogen and oxygen atoms in total. The highest BCUT2D eigenvalue weighted by Crippen LogP contribution is 2.33. The maximum atomic E-state index is 12.2. The van der Waals surface area contributed by atoms with E-state index in [1.807, 2.05) is 0 Å². The molecular weight excluding hydrogens is 398 g/mol. The van der Waals surface area contributed by atoms with E-state index < -0.39 is 0 Å². The number of methoxy groups -OCH3 is 2. The smallest absolute Gasteiger partial charge is 0.252 e. The van der Waals surface area contributed by atoms with Gasteiger partial charge in [-0.1, -0.05) is 6.07 Å². The van der Waals surface area contributed by atoms with Crippen molar-refractivity contribution in [1.82, 2.24) is 20.1 Å². The standard InChI is InChI=1S/C22H23N5O4/c1-30-9-3-8-24-21(28)16-5-7-20(25-12-16)27-22(29)19(13-26-27)18-6-4-15(11-23)10-17(18)14-31-2/h4-7,10,12-13,29H,3,8-9,14H2,1-2H3,(H,24,28). The Morgan fingerprint density at radius 3 is 2.71 bits per heavy atom. The van der Waals surface area contributed by atoms with Gasteiger partial charge in [-0.15, -0.1) is 0 Å². The number of carbonyl (C=O) groups excluding carboxylic acids is 1. The summed E-state index contributed by atoms with van der Waals surface area (Å²) in [4.78, 5) is 16.4. The quantitative estimate of drug-likeness (QED) is 0.509. The number of rotatable bonds is 9. The third-order valence-corrected chi connectivity index (χ3v) is 4.61. The van der Waals surface area contributed by atoms with E-state index in [0.29, 0.717) is 41.2 Å². The summed E-state index contributed by atoms with van der Waals surface area (Å²) in [5.41, 5.74) is 2.85. The largest absolute Gasteiger partial charge is 0.493 e. The van der Waals surface area contributed by atoms with Crippen molar-refractivity contribution in [2.24, 2.45) is 0 Å². The first-order valence-corrected chi connectivity index (χ1v) is 9.62. The first-order valence-electron chi connectivity index (χ1n) is 9.62. The Hall–Kier alpha value is -3.74. The van der Waals surface area contributed by atoms with Gasteiger partial charge in [-0.2, -0.15) is 15.0 Å². The average molecular weight is 421 g/mol. The highest BCUT2D eigenvalue weighted by Gasteiger charge is 2.17. The van der Waals surface area contributed by atoms with E-state index in [4.69, 9.17) is 14.7 Å². The van der Waals surface area contributed by atoms with Crippen LogP contribution in [0.2, 0.25) is 0 Å². The van der Waals surface area contributed by atoms with Crippen LogP contribution in [0.3, 0.4) is 0 Å². The normalized spacial score (nSPS) is 10.6. The summed E-state index contributed by atoms with van der Waals surface area (Å²) >= 11 is 0. The molecule has 0 unspecified atom stereocenters. The zero-order chi connectivity index (χ0) is 22.2. The summed E-state index contributed by atoms with van der Waals surface area (Å²) in [6.45, 7) is 1.36. The molecule has 31 heavy (non-hydrogen) atoms. The van der Waals surface area contributed by atoms with Gasteiger partial charge in [0.1, 0.15) is 0 Å². The third kappa shape index (κ3) is 5.06. The number of ether oxygens (including phenoxy) is 2. The second kappa shape index (κ2) is 10.3. The number of benzene rings is 1. The zero-order valence-electron chi connectivity index (χ0n) is 17.3. The van der Waals surface area contributed by atoms with Crippen molar-refractivity contribution in [3.8, 4) is 28.9 Å². The molecule has 9 heteroatoms. The molecular formula is C22H23N5O4. The molecule has 1 amide bonds. The van der Waals surface area contributed by atoms with Crippen LogP contribution in [0.5, 0.6) is 5.88 Å². The Morgan fingerprint density at radius 2 is 2.03 bits per heavy atom. The predicted molar refractivity (Wildman–Crippen MR) is 113 cm³/mol. The molecule has 0 aliphatic carbocycles. The Labute approximate surface area is 179 Å². The van der Waals surface area contributed by atoms with Crippen LogP contribution in [0, 0.1) is 11.3 Å².